The van der Waals surface area contributed by atoms with Crippen LogP contribution in [0.5, 0.6) is 0 Å². The average Bonchev–Trinajstić information content (AvgIpc) is 3.71. The first-order chi connectivity index (χ1) is 30.3. The molecule has 8 fully saturated rings. The average molecular weight is 921 g/mol. The van der Waals surface area contributed by atoms with Crippen molar-refractivity contribution in [1.29, 1.82) is 0 Å². The van der Waals surface area contributed by atoms with Crippen LogP contribution in [-0.2, 0) is 33.2 Å². The fraction of sp³-hybridized carbons (Fsp3) is 1.00. The predicted molar refractivity (Wildman–Crippen MR) is 219 cm³/mol. The van der Waals surface area contributed by atoms with Crippen LogP contribution in [0.15, 0.2) is 0 Å². The number of hydrogen-bond donors (Lipinski definition) is 12. The first-order valence-corrected chi connectivity index (χ1v) is 23.9. The quantitative estimate of drug-likeness (QED) is 0.0909. The Morgan fingerprint density at radius 3 is 1.81 bits per heavy atom. The van der Waals surface area contributed by atoms with Crippen molar-refractivity contribution in [2.75, 3.05) is 26.4 Å². The van der Waals surface area contributed by atoms with Crippen LogP contribution in [-0.4, -0.2) is 198 Å². The van der Waals surface area contributed by atoms with Crippen LogP contribution in [0.2, 0.25) is 0 Å². The van der Waals surface area contributed by atoms with Crippen LogP contribution in [0.25, 0.3) is 0 Å². The lowest BCUT2D eigenvalue weighted by Crippen LogP contribution is -2.62. The fourth-order valence-corrected chi connectivity index (χ4v) is 14.1. The fourth-order valence-electron chi connectivity index (χ4n) is 14.1. The highest BCUT2D eigenvalue weighted by Gasteiger charge is 2.68. The first-order valence-electron chi connectivity index (χ1n) is 23.9. The number of aliphatic hydroxyl groups excluding tert-OH is 11. The minimum absolute atomic E-state index is 0.0139. The minimum Gasteiger partial charge on any atom is -0.394 e. The molecule has 8 rings (SSSR count). The Morgan fingerprint density at radius 2 is 1.19 bits per heavy atom. The van der Waals surface area contributed by atoms with Crippen molar-refractivity contribution < 1.29 is 94.4 Å². The molecule has 4 heterocycles. The second kappa shape index (κ2) is 19.2. The largest absolute Gasteiger partial charge is 0.394 e. The molecule has 0 aromatic carbocycles. The third kappa shape index (κ3) is 8.76. The highest BCUT2D eigenvalue weighted by Crippen LogP contribution is 2.71. The summed E-state index contributed by atoms with van der Waals surface area (Å²) >= 11 is 0. The maximum atomic E-state index is 12.0. The van der Waals surface area contributed by atoms with Crippen molar-refractivity contribution in [3.8, 4) is 0 Å². The molecule has 4 aliphatic carbocycles. The van der Waals surface area contributed by atoms with Crippen molar-refractivity contribution in [2.45, 2.75) is 202 Å². The van der Waals surface area contributed by atoms with Gasteiger partial charge in [0.25, 0.3) is 0 Å². The zero-order chi connectivity index (χ0) is 46.2. The molecule has 0 unspecified atom stereocenters. The molecule has 0 spiro atoms. The van der Waals surface area contributed by atoms with E-state index in [9.17, 15) is 61.3 Å². The smallest absolute Gasteiger partial charge is 0.186 e. The van der Waals surface area contributed by atoms with Gasteiger partial charge in [0, 0.05) is 12.3 Å². The van der Waals surface area contributed by atoms with Crippen LogP contribution >= 0.6 is 0 Å². The lowest BCUT2D eigenvalue weighted by Gasteiger charge is -2.61. The Labute approximate surface area is 374 Å². The molecule has 0 aromatic rings. The summed E-state index contributed by atoms with van der Waals surface area (Å²) in [5.41, 5.74) is 0.0896. The molecule has 4 saturated heterocycles. The van der Waals surface area contributed by atoms with Gasteiger partial charge in [0.2, 0.25) is 0 Å². The summed E-state index contributed by atoms with van der Waals surface area (Å²) in [7, 11) is 0. The summed E-state index contributed by atoms with van der Waals surface area (Å²) in [6.07, 6.45) is -13.2. The van der Waals surface area contributed by atoms with E-state index in [2.05, 4.69) is 20.8 Å². The summed E-state index contributed by atoms with van der Waals surface area (Å²) in [6, 6.07) is 0. The molecule has 370 valence electrons. The Hall–Kier alpha value is -0.760. The van der Waals surface area contributed by atoms with Gasteiger partial charge in [-0.15, -0.1) is 0 Å². The van der Waals surface area contributed by atoms with E-state index in [1.807, 2.05) is 6.92 Å². The van der Waals surface area contributed by atoms with E-state index in [4.69, 9.17) is 33.2 Å². The van der Waals surface area contributed by atoms with Gasteiger partial charge in [0.1, 0.15) is 73.2 Å². The predicted octanol–water partition coefficient (Wildman–Crippen LogP) is -1.78. The molecule has 64 heavy (non-hydrogen) atoms. The van der Waals surface area contributed by atoms with Gasteiger partial charge in [-0.25, -0.2) is 0 Å². The van der Waals surface area contributed by atoms with Gasteiger partial charge in [-0.1, -0.05) is 27.7 Å². The van der Waals surface area contributed by atoms with E-state index in [0.717, 1.165) is 51.4 Å². The normalized spacial score (nSPS) is 55.6. The Bertz CT molecular complexity index is 1560. The SMILES string of the molecule is C[C@@H](CC[C@@]1(O)O[C@H]2C[C@H]3[C@@H]4CC[C@@H]5C[C@@H](O[C@@H]6O[C@H](CO[C@@H]7O[C@H](CO)[C@@H](O)[C@H](O)[C@H]7O)[C@@H](O)[C@H](O)[C@H]6O)CC[C@]5(C)[C@H]4CC[C@]3(C)[C@H]2[C@@H]1C)CO[C@@H]1O[C@H](CO)[C@@H](O)[C@H](O)[C@H]1O. The Morgan fingerprint density at radius 1 is 0.625 bits per heavy atom. The van der Waals surface area contributed by atoms with Crippen molar-refractivity contribution >= 4 is 0 Å². The van der Waals surface area contributed by atoms with Crippen LogP contribution in [0, 0.1) is 52.3 Å². The maximum Gasteiger partial charge on any atom is 0.186 e. The molecule has 19 heteroatoms. The van der Waals surface area contributed by atoms with Gasteiger partial charge in [0.15, 0.2) is 24.7 Å². The van der Waals surface area contributed by atoms with Crippen LogP contribution < -0.4 is 0 Å². The second-order valence-electron chi connectivity index (χ2n) is 21.5. The molecule has 8 aliphatic rings. The monoisotopic (exact) mass is 920 g/mol. The minimum atomic E-state index is -1.66. The molecular weight excluding hydrogens is 844 g/mol. The van der Waals surface area contributed by atoms with E-state index >= 15 is 0 Å². The second-order valence-corrected chi connectivity index (χ2v) is 21.5. The van der Waals surface area contributed by atoms with Crippen molar-refractivity contribution in [1.82, 2.24) is 0 Å². The first kappa shape index (κ1) is 49.7. The van der Waals surface area contributed by atoms with Gasteiger partial charge in [-0.2, -0.15) is 0 Å². The van der Waals surface area contributed by atoms with Crippen molar-refractivity contribution in [3.63, 3.8) is 0 Å². The van der Waals surface area contributed by atoms with Gasteiger partial charge < -0.3 is 94.4 Å². The summed E-state index contributed by atoms with van der Waals surface area (Å²) in [4.78, 5) is 0. The summed E-state index contributed by atoms with van der Waals surface area (Å²) in [5.74, 6) is 0.654. The van der Waals surface area contributed by atoms with Crippen LogP contribution in [0.3, 0.4) is 0 Å². The zero-order valence-electron chi connectivity index (χ0n) is 37.5. The topological polar surface area (TPSA) is 307 Å². The summed E-state index contributed by atoms with van der Waals surface area (Å²) in [6.45, 7) is 7.53. The zero-order valence-corrected chi connectivity index (χ0v) is 37.5. The molecule has 0 aromatic heterocycles. The Balaban J connectivity index is 0.833. The highest BCUT2D eigenvalue weighted by atomic mass is 16.7. The molecule has 0 radical (unpaired) electrons. The number of ether oxygens (including phenoxy) is 7. The molecule has 19 nitrogen and oxygen atoms in total. The van der Waals surface area contributed by atoms with Gasteiger partial charge in [-0.3, -0.25) is 0 Å². The molecular formula is C45H76O19. The number of hydrogen-bond acceptors (Lipinski definition) is 19. The third-order valence-corrected chi connectivity index (χ3v) is 18.0. The molecule has 0 bridgehead atoms. The highest BCUT2D eigenvalue weighted by molar-refractivity contribution is 5.15. The van der Waals surface area contributed by atoms with E-state index in [1.54, 1.807) is 0 Å². The van der Waals surface area contributed by atoms with E-state index in [-0.39, 0.29) is 47.4 Å². The molecule has 12 N–H and O–H groups in total. The molecule has 0 amide bonds. The van der Waals surface area contributed by atoms with E-state index in [1.165, 1.54) is 0 Å². The Kier molecular flexibility index (Phi) is 14.9. The standard InChI is InChI=1S/C45H76O19/c1-19(17-58-40-37(54)34(51)31(48)27(15-46)61-40)7-12-45(57)20(2)30-26(64-45)14-25-23-6-5-21-13-22(8-10-43(21,3)24(23)9-11-44(25,30)4)60-42-39(56)36(53)33(50)29(63-42)18-59-41-38(55)35(52)32(49)28(16-47)62-41/h19-42,46-57H,5-18H2,1-4H3/t19-,20-,21+,22-,23+,24-,25-,26-,27+,28+,29+,30-,31+,32+,33+,34-,35-,36-,37+,38+,39+,40+,41+,42+,43-,44-,45+/m0/s1. The van der Waals surface area contributed by atoms with Gasteiger partial charge in [-0.05, 0) is 104 Å². The molecule has 4 aliphatic heterocycles. The van der Waals surface area contributed by atoms with Crippen molar-refractivity contribution in [3.05, 3.63) is 0 Å². The third-order valence-electron chi connectivity index (χ3n) is 18.0. The number of rotatable bonds is 13. The lowest BCUT2D eigenvalue weighted by atomic mass is 9.44. The van der Waals surface area contributed by atoms with E-state index < -0.39 is 118 Å². The number of aliphatic hydroxyl groups is 12. The molecule has 4 saturated carbocycles. The maximum absolute atomic E-state index is 12.0. The molecule has 27 atom stereocenters. The van der Waals surface area contributed by atoms with Crippen molar-refractivity contribution in [2.24, 2.45) is 52.3 Å². The van der Waals surface area contributed by atoms with Gasteiger partial charge >= 0.3 is 0 Å². The lowest BCUT2D eigenvalue weighted by molar-refractivity contribution is -0.338. The summed E-state index contributed by atoms with van der Waals surface area (Å²) < 4.78 is 41.3. The number of fused-ring (bicyclic) bond motifs is 7. The van der Waals surface area contributed by atoms with Crippen LogP contribution in [0.1, 0.15) is 91.9 Å². The van der Waals surface area contributed by atoms with Gasteiger partial charge in [0.05, 0.1) is 38.6 Å². The van der Waals surface area contributed by atoms with E-state index in [0.29, 0.717) is 36.5 Å². The van der Waals surface area contributed by atoms with Crippen LogP contribution in [0.4, 0.5) is 0 Å². The summed E-state index contributed by atoms with van der Waals surface area (Å²) in [5, 5.41) is 125.